The van der Waals surface area contributed by atoms with E-state index in [1.807, 2.05) is 0 Å². The van der Waals surface area contributed by atoms with Crippen molar-refractivity contribution in [2.75, 3.05) is 5.32 Å². The maximum atomic E-state index is 3.55. The summed E-state index contributed by atoms with van der Waals surface area (Å²) in [6, 6.07) is 17.2. The molecule has 0 fully saturated rings. The second-order valence-corrected chi connectivity index (χ2v) is 5.08. The van der Waals surface area contributed by atoms with Crippen LogP contribution in [0.15, 0.2) is 48.5 Å². The van der Waals surface area contributed by atoms with Gasteiger partial charge in [0.15, 0.2) is 0 Å². The van der Waals surface area contributed by atoms with E-state index in [2.05, 4.69) is 74.6 Å². The standard InChI is InChI=1S/C17H21N/c1-13(2)16-10-9-14(3)11-17(16)18-12-15-7-5-4-6-8-15/h4-11,13,18H,12H2,1-3H3. The Bertz CT molecular complexity index is 500. The number of benzene rings is 2. The first kappa shape index (κ1) is 12.7. The summed E-state index contributed by atoms with van der Waals surface area (Å²) in [6.45, 7) is 7.48. The fourth-order valence-corrected chi connectivity index (χ4v) is 2.12. The van der Waals surface area contributed by atoms with Crippen LogP contribution in [0.2, 0.25) is 0 Å². The molecule has 2 aromatic carbocycles. The molecule has 2 rings (SSSR count). The number of nitrogens with one attached hydrogen (secondary N) is 1. The third-order valence-corrected chi connectivity index (χ3v) is 3.16. The van der Waals surface area contributed by atoms with Crippen molar-refractivity contribution in [3.05, 3.63) is 65.2 Å². The molecule has 0 unspecified atom stereocenters. The minimum atomic E-state index is 0.545. The molecule has 0 heterocycles. The van der Waals surface area contributed by atoms with E-state index in [0.29, 0.717) is 5.92 Å². The SMILES string of the molecule is Cc1ccc(C(C)C)c(NCc2ccccc2)c1. The summed E-state index contributed by atoms with van der Waals surface area (Å²) in [6.07, 6.45) is 0. The Morgan fingerprint density at radius 2 is 1.72 bits per heavy atom. The van der Waals surface area contributed by atoms with Crippen molar-refractivity contribution >= 4 is 5.69 Å². The fraction of sp³-hybridized carbons (Fsp3) is 0.294. The lowest BCUT2D eigenvalue weighted by molar-refractivity contribution is 0.864. The highest BCUT2D eigenvalue weighted by Crippen LogP contribution is 2.25. The number of hydrogen-bond donors (Lipinski definition) is 1. The number of rotatable bonds is 4. The van der Waals surface area contributed by atoms with Gasteiger partial charge in [-0.1, -0.05) is 56.3 Å². The lowest BCUT2D eigenvalue weighted by Gasteiger charge is -2.15. The van der Waals surface area contributed by atoms with Gasteiger partial charge in [0.1, 0.15) is 0 Å². The molecule has 0 saturated carbocycles. The average Bonchev–Trinajstić information content (AvgIpc) is 2.37. The predicted molar refractivity (Wildman–Crippen MR) is 79.0 cm³/mol. The zero-order valence-corrected chi connectivity index (χ0v) is 11.4. The van der Waals surface area contributed by atoms with Crippen LogP contribution in [-0.4, -0.2) is 0 Å². The highest BCUT2D eigenvalue weighted by atomic mass is 14.9. The van der Waals surface area contributed by atoms with Crippen molar-refractivity contribution in [1.82, 2.24) is 0 Å². The van der Waals surface area contributed by atoms with Crippen molar-refractivity contribution in [2.45, 2.75) is 33.2 Å². The molecular weight excluding hydrogens is 218 g/mol. The van der Waals surface area contributed by atoms with Crippen LogP contribution in [0, 0.1) is 6.92 Å². The molecule has 0 saturated heterocycles. The van der Waals surface area contributed by atoms with Crippen LogP contribution in [0.4, 0.5) is 5.69 Å². The Kier molecular flexibility index (Phi) is 4.03. The zero-order chi connectivity index (χ0) is 13.0. The van der Waals surface area contributed by atoms with E-state index in [1.165, 1.54) is 22.4 Å². The first-order valence-corrected chi connectivity index (χ1v) is 6.55. The quantitative estimate of drug-likeness (QED) is 0.813. The van der Waals surface area contributed by atoms with Crippen LogP contribution >= 0.6 is 0 Å². The molecular formula is C17H21N. The van der Waals surface area contributed by atoms with Gasteiger partial charge in [0.25, 0.3) is 0 Å². The third-order valence-electron chi connectivity index (χ3n) is 3.16. The molecule has 2 aromatic rings. The van der Waals surface area contributed by atoms with Gasteiger partial charge in [0.05, 0.1) is 0 Å². The van der Waals surface area contributed by atoms with Crippen molar-refractivity contribution in [3.63, 3.8) is 0 Å². The van der Waals surface area contributed by atoms with Gasteiger partial charge in [-0.2, -0.15) is 0 Å². The van der Waals surface area contributed by atoms with Crippen molar-refractivity contribution in [1.29, 1.82) is 0 Å². The third kappa shape index (κ3) is 3.13. The highest BCUT2D eigenvalue weighted by molar-refractivity contribution is 5.54. The molecule has 1 N–H and O–H groups in total. The molecule has 18 heavy (non-hydrogen) atoms. The van der Waals surface area contributed by atoms with Gasteiger partial charge >= 0.3 is 0 Å². The molecule has 0 spiro atoms. The van der Waals surface area contributed by atoms with Gasteiger partial charge in [-0.25, -0.2) is 0 Å². The summed E-state index contributed by atoms with van der Waals surface area (Å²) < 4.78 is 0. The van der Waals surface area contributed by atoms with E-state index in [1.54, 1.807) is 0 Å². The summed E-state index contributed by atoms with van der Waals surface area (Å²) >= 11 is 0. The molecule has 0 aromatic heterocycles. The van der Waals surface area contributed by atoms with Crippen LogP contribution in [0.5, 0.6) is 0 Å². The van der Waals surface area contributed by atoms with E-state index < -0.39 is 0 Å². The minimum absolute atomic E-state index is 0.545. The average molecular weight is 239 g/mol. The largest absolute Gasteiger partial charge is 0.381 e. The van der Waals surface area contributed by atoms with Gasteiger partial charge in [-0.15, -0.1) is 0 Å². The van der Waals surface area contributed by atoms with Gasteiger partial charge in [0.2, 0.25) is 0 Å². The van der Waals surface area contributed by atoms with Crippen molar-refractivity contribution in [3.8, 4) is 0 Å². The van der Waals surface area contributed by atoms with Crippen LogP contribution in [0.25, 0.3) is 0 Å². The van der Waals surface area contributed by atoms with E-state index in [-0.39, 0.29) is 0 Å². The molecule has 0 atom stereocenters. The molecule has 0 aliphatic rings. The summed E-state index contributed by atoms with van der Waals surface area (Å²) in [5, 5.41) is 3.55. The van der Waals surface area contributed by atoms with Crippen LogP contribution in [0.1, 0.15) is 36.5 Å². The maximum absolute atomic E-state index is 3.55. The first-order chi connectivity index (χ1) is 8.66. The van der Waals surface area contributed by atoms with Crippen molar-refractivity contribution in [2.24, 2.45) is 0 Å². The topological polar surface area (TPSA) is 12.0 Å². The first-order valence-electron chi connectivity index (χ1n) is 6.55. The molecule has 0 radical (unpaired) electrons. The number of aryl methyl sites for hydroxylation is 1. The Labute approximate surface area is 110 Å². The summed E-state index contributed by atoms with van der Waals surface area (Å²) in [4.78, 5) is 0. The molecule has 1 nitrogen and oxygen atoms in total. The smallest absolute Gasteiger partial charge is 0.0400 e. The molecule has 0 aliphatic heterocycles. The number of anilines is 1. The molecule has 0 aliphatic carbocycles. The Morgan fingerprint density at radius 3 is 2.39 bits per heavy atom. The monoisotopic (exact) mass is 239 g/mol. The van der Waals surface area contributed by atoms with E-state index in [0.717, 1.165) is 6.54 Å². The summed E-state index contributed by atoms with van der Waals surface area (Å²) in [7, 11) is 0. The summed E-state index contributed by atoms with van der Waals surface area (Å²) in [5.41, 5.74) is 5.26. The van der Waals surface area contributed by atoms with Crippen LogP contribution in [-0.2, 0) is 6.54 Å². The van der Waals surface area contributed by atoms with Gasteiger partial charge < -0.3 is 5.32 Å². The van der Waals surface area contributed by atoms with Gasteiger partial charge in [-0.05, 0) is 35.6 Å². The highest BCUT2D eigenvalue weighted by Gasteiger charge is 2.06. The van der Waals surface area contributed by atoms with Gasteiger partial charge in [0, 0.05) is 12.2 Å². The fourth-order valence-electron chi connectivity index (χ4n) is 2.12. The summed E-state index contributed by atoms with van der Waals surface area (Å²) in [5.74, 6) is 0.545. The van der Waals surface area contributed by atoms with Crippen LogP contribution in [0.3, 0.4) is 0 Å². The number of hydrogen-bond acceptors (Lipinski definition) is 1. The lowest BCUT2D eigenvalue weighted by Crippen LogP contribution is -2.03. The molecule has 94 valence electrons. The second-order valence-electron chi connectivity index (χ2n) is 5.08. The Balaban J connectivity index is 2.15. The molecule has 0 amide bonds. The van der Waals surface area contributed by atoms with Crippen molar-refractivity contribution < 1.29 is 0 Å². The minimum Gasteiger partial charge on any atom is -0.381 e. The predicted octanol–water partition coefficient (Wildman–Crippen LogP) is 4.73. The molecule has 1 heteroatoms. The Morgan fingerprint density at radius 1 is 1.00 bits per heavy atom. The lowest BCUT2D eigenvalue weighted by atomic mass is 9.99. The Hall–Kier alpha value is -1.76. The van der Waals surface area contributed by atoms with E-state index in [4.69, 9.17) is 0 Å². The molecule has 0 bridgehead atoms. The van der Waals surface area contributed by atoms with Gasteiger partial charge in [-0.3, -0.25) is 0 Å². The van der Waals surface area contributed by atoms with Crippen LogP contribution < -0.4 is 5.32 Å². The van der Waals surface area contributed by atoms with E-state index in [9.17, 15) is 0 Å². The second kappa shape index (κ2) is 5.72. The zero-order valence-electron chi connectivity index (χ0n) is 11.4. The maximum Gasteiger partial charge on any atom is 0.0400 e. The van der Waals surface area contributed by atoms with E-state index >= 15 is 0 Å². The normalized spacial score (nSPS) is 10.7.